The summed E-state index contributed by atoms with van der Waals surface area (Å²) in [6, 6.07) is 7.00. The van der Waals surface area contributed by atoms with Crippen LogP contribution in [0.4, 0.5) is 5.69 Å². The lowest BCUT2D eigenvalue weighted by atomic mass is 10.2. The van der Waals surface area contributed by atoms with Crippen molar-refractivity contribution >= 4 is 11.6 Å². The SMILES string of the molecule is Cc1oncc1C(=O)Nc1cccc(CO)c1. The first-order chi connectivity index (χ1) is 8.20. The number of carbonyl (C=O) groups is 1. The van der Waals surface area contributed by atoms with E-state index in [-0.39, 0.29) is 12.5 Å². The zero-order valence-corrected chi connectivity index (χ0v) is 9.30. The Labute approximate surface area is 98.1 Å². The summed E-state index contributed by atoms with van der Waals surface area (Å²) in [5.74, 6) is 0.194. The van der Waals surface area contributed by atoms with E-state index in [1.165, 1.54) is 6.20 Å². The molecule has 0 aliphatic heterocycles. The third-order valence-electron chi connectivity index (χ3n) is 2.36. The normalized spacial score (nSPS) is 10.2. The predicted octanol–water partition coefficient (Wildman–Crippen LogP) is 1.73. The maximum Gasteiger partial charge on any atom is 0.260 e. The van der Waals surface area contributed by atoms with Gasteiger partial charge in [0.05, 0.1) is 12.8 Å². The van der Waals surface area contributed by atoms with E-state index < -0.39 is 0 Å². The molecule has 0 aliphatic carbocycles. The lowest BCUT2D eigenvalue weighted by Crippen LogP contribution is -2.12. The Balaban J connectivity index is 2.16. The number of anilines is 1. The molecule has 0 spiro atoms. The molecule has 0 unspecified atom stereocenters. The van der Waals surface area contributed by atoms with Crippen LogP contribution >= 0.6 is 0 Å². The van der Waals surface area contributed by atoms with Gasteiger partial charge in [-0.15, -0.1) is 0 Å². The summed E-state index contributed by atoms with van der Waals surface area (Å²) in [6.07, 6.45) is 1.38. The standard InChI is InChI=1S/C12H12N2O3/c1-8-11(6-13-17-8)12(16)14-10-4-2-3-9(5-10)7-15/h2-6,15H,7H2,1H3,(H,14,16). The van der Waals surface area contributed by atoms with E-state index in [0.29, 0.717) is 17.0 Å². The minimum atomic E-state index is -0.279. The van der Waals surface area contributed by atoms with Gasteiger partial charge in [0.2, 0.25) is 0 Å². The number of aliphatic hydroxyl groups is 1. The third kappa shape index (κ3) is 2.51. The van der Waals surface area contributed by atoms with Crippen LogP contribution in [-0.4, -0.2) is 16.2 Å². The summed E-state index contributed by atoms with van der Waals surface area (Å²) < 4.78 is 4.82. The van der Waals surface area contributed by atoms with Gasteiger partial charge >= 0.3 is 0 Å². The van der Waals surface area contributed by atoms with Gasteiger partial charge in [0, 0.05) is 5.69 Å². The van der Waals surface area contributed by atoms with Crippen LogP contribution in [0.1, 0.15) is 21.7 Å². The predicted molar refractivity (Wildman–Crippen MR) is 61.6 cm³/mol. The molecule has 0 radical (unpaired) electrons. The number of hydrogen-bond acceptors (Lipinski definition) is 4. The van der Waals surface area contributed by atoms with Crippen LogP contribution in [0.25, 0.3) is 0 Å². The van der Waals surface area contributed by atoms with Crippen LogP contribution in [0.3, 0.4) is 0 Å². The molecule has 17 heavy (non-hydrogen) atoms. The van der Waals surface area contributed by atoms with Crippen molar-refractivity contribution in [3.05, 3.63) is 47.3 Å². The van der Waals surface area contributed by atoms with Crippen molar-refractivity contribution in [3.8, 4) is 0 Å². The fraction of sp³-hybridized carbons (Fsp3) is 0.167. The van der Waals surface area contributed by atoms with E-state index in [1.807, 2.05) is 0 Å². The van der Waals surface area contributed by atoms with Crippen molar-refractivity contribution in [2.45, 2.75) is 13.5 Å². The van der Waals surface area contributed by atoms with Gasteiger partial charge in [-0.05, 0) is 24.6 Å². The molecule has 2 rings (SSSR count). The first kappa shape index (κ1) is 11.3. The Morgan fingerprint density at radius 2 is 2.35 bits per heavy atom. The Bertz CT molecular complexity index is 534. The smallest absolute Gasteiger partial charge is 0.260 e. The topological polar surface area (TPSA) is 75.4 Å². The zero-order valence-electron chi connectivity index (χ0n) is 9.30. The van der Waals surface area contributed by atoms with E-state index in [0.717, 1.165) is 5.56 Å². The Hall–Kier alpha value is -2.14. The zero-order chi connectivity index (χ0) is 12.3. The van der Waals surface area contributed by atoms with Crippen LogP contribution in [0.5, 0.6) is 0 Å². The molecule has 0 aliphatic rings. The number of benzene rings is 1. The summed E-state index contributed by atoms with van der Waals surface area (Å²) in [5, 5.41) is 15.2. The average Bonchev–Trinajstić information content (AvgIpc) is 2.76. The van der Waals surface area contributed by atoms with Crippen molar-refractivity contribution in [1.82, 2.24) is 5.16 Å². The minimum Gasteiger partial charge on any atom is -0.392 e. The van der Waals surface area contributed by atoms with Gasteiger partial charge in [-0.1, -0.05) is 17.3 Å². The molecule has 1 aromatic carbocycles. The van der Waals surface area contributed by atoms with Crippen molar-refractivity contribution in [3.63, 3.8) is 0 Å². The number of aryl methyl sites for hydroxylation is 1. The van der Waals surface area contributed by atoms with Crippen LogP contribution in [0.2, 0.25) is 0 Å². The van der Waals surface area contributed by atoms with Crippen LogP contribution < -0.4 is 5.32 Å². The molecule has 0 saturated heterocycles. The summed E-state index contributed by atoms with van der Waals surface area (Å²) in [6.45, 7) is 1.61. The number of hydrogen-bond donors (Lipinski definition) is 2. The molecular weight excluding hydrogens is 220 g/mol. The molecule has 0 bridgehead atoms. The second kappa shape index (κ2) is 4.80. The lowest BCUT2D eigenvalue weighted by Gasteiger charge is -2.05. The number of aliphatic hydroxyl groups excluding tert-OH is 1. The third-order valence-corrected chi connectivity index (χ3v) is 2.36. The van der Waals surface area contributed by atoms with E-state index in [9.17, 15) is 4.79 Å². The second-order valence-corrected chi connectivity index (χ2v) is 3.61. The lowest BCUT2D eigenvalue weighted by molar-refractivity contribution is 0.102. The first-order valence-corrected chi connectivity index (χ1v) is 5.13. The maximum absolute atomic E-state index is 11.8. The van der Waals surface area contributed by atoms with Gasteiger partial charge in [-0.25, -0.2) is 0 Å². The van der Waals surface area contributed by atoms with Crippen molar-refractivity contribution in [2.75, 3.05) is 5.32 Å². The van der Waals surface area contributed by atoms with E-state index in [1.54, 1.807) is 31.2 Å². The largest absolute Gasteiger partial charge is 0.392 e. The molecular formula is C12H12N2O3. The van der Waals surface area contributed by atoms with E-state index in [2.05, 4.69) is 10.5 Å². The van der Waals surface area contributed by atoms with Gasteiger partial charge in [0.15, 0.2) is 0 Å². The van der Waals surface area contributed by atoms with Gasteiger partial charge in [-0.2, -0.15) is 0 Å². The van der Waals surface area contributed by atoms with E-state index >= 15 is 0 Å². The highest BCUT2D eigenvalue weighted by Crippen LogP contribution is 2.13. The molecule has 88 valence electrons. The maximum atomic E-state index is 11.8. The number of carbonyl (C=O) groups excluding carboxylic acids is 1. The highest BCUT2D eigenvalue weighted by Gasteiger charge is 2.12. The van der Waals surface area contributed by atoms with Gasteiger partial charge in [0.1, 0.15) is 11.3 Å². The number of amides is 1. The molecule has 0 saturated carbocycles. The molecule has 5 nitrogen and oxygen atoms in total. The van der Waals surface area contributed by atoms with Gasteiger partial charge < -0.3 is 14.9 Å². The summed E-state index contributed by atoms with van der Waals surface area (Å²) in [7, 11) is 0. The van der Waals surface area contributed by atoms with Crippen LogP contribution in [0, 0.1) is 6.92 Å². The molecule has 2 aromatic rings. The molecule has 0 atom stereocenters. The minimum absolute atomic E-state index is 0.0595. The summed E-state index contributed by atoms with van der Waals surface area (Å²) in [5.41, 5.74) is 1.77. The average molecular weight is 232 g/mol. The van der Waals surface area contributed by atoms with E-state index in [4.69, 9.17) is 9.63 Å². The molecule has 2 N–H and O–H groups in total. The molecule has 1 heterocycles. The Morgan fingerprint density at radius 1 is 1.53 bits per heavy atom. The summed E-state index contributed by atoms with van der Waals surface area (Å²) in [4.78, 5) is 11.8. The highest BCUT2D eigenvalue weighted by molar-refractivity contribution is 6.04. The monoisotopic (exact) mass is 232 g/mol. The fourth-order valence-corrected chi connectivity index (χ4v) is 1.46. The quantitative estimate of drug-likeness (QED) is 0.845. The van der Waals surface area contributed by atoms with Crippen molar-refractivity contribution in [1.29, 1.82) is 0 Å². The van der Waals surface area contributed by atoms with Gasteiger partial charge in [0.25, 0.3) is 5.91 Å². The van der Waals surface area contributed by atoms with Crippen molar-refractivity contribution < 1.29 is 14.4 Å². The number of rotatable bonds is 3. The Kier molecular flexibility index (Phi) is 3.20. The highest BCUT2D eigenvalue weighted by atomic mass is 16.5. The fourth-order valence-electron chi connectivity index (χ4n) is 1.46. The Morgan fingerprint density at radius 3 is 3.00 bits per heavy atom. The van der Waals surface area contributed by atoms with Crippen LogP contribution in [-0.2, 0) is 6.61 Å². The summed E-state index contributed by atoms with van der Waals surface area (Å²) >= 11 is 0. The number of nitrogens with one attached hydrogen (secondary N) is 1. The van der Waals surface area contributed by atoms with Crippen molar-refractivity contribution in [2.24, 2.45) is 0 Å². The number of nitrogens with zero attached hydrogens (tertiary/aromatic N) is 1. The first-order valence-electron chi connectivity index (χ1n) is 5.13. The molecule has 5 heteroatoms. The molecule has 0 fully saturated rings. The van der Waals surface area contributed by atoms with Crippen LogP contribution in [0.15, 0.2) is 35.0 Å². The molecule has 1 amide bonds. The van der Waals surface area contributed by atoms with Gasteiger partial charge in [-0.3, -0.25) is 4.79 Å². The molecule has 1 aromatic heterocycles. The second-order valence-electron chi connectivity index (χ2n) is 3.61. The number of aromatic nitrogens is 1.